The highest BCUT2D eigenvalue weighted by Gasteiger charge is 1.84. The van der Waals surface area contributed by atoms with Crippen molar-refractivity contribution in [2.75, 3.05) is 13.4 Å². The summed E-state index contributed by atoms with van der Waals surface area (Å²) in [4.78, 5) is 0. The largest absolute Gasteiger partial charge is 0.294 e. The molecule has 2 aromatic rings. The van der Waals surface area contributed by atoms with E-state index in [2.05, 4.69) is 80.4 Å². The smallest absolute Gasteiger partial charge is 0.151 e. The first kappa shape index (κ1) is 22.8. The first-order valence-electron chi connectivity index (χ1n) is 6.80. The quantitative estimate of drug-likeness (QED) is 0.724. The Morgan fingerprint density at radius 1 is 0.727 bits per heavy atom. The Bertz CT molecular complexity index is 465. The standard InChI is InChI=1S/2C8H10.C2H6O2S.CH4/c2*1-7-5-3-4-6-8(7)2;1-4-5(2)3;/h2*3-6H,1-2H3;1-2H3;1H4. The van der Waals surface area contributed by atoms with Crippen molar-refractivity contribution >= 4 is 11.1 Å². The van der Waals surface area contributed by atoms with E-state index >= 15 is 0 Å². The van der Waals surface area contributed by atoms with E-state index in [1.807, 2.05) is 0 Å². The molecule has 2 aromatic carbocycles. The summed E-state index contributed by atoms with van der Waals surface area (Å²) in [6.45, 7) is 8.48. The van der Waals surface area contributed by atoms with Gasteiger partial charge in [-0.25, -0.2) is 4.21 Å². The summed E-state index contributed by atoms with van der Waals surface area (Å²) >= 11 is -1.07. The Hall–Kier alpha value is -1.45. The van der Waals surface area contributed by atoms with E-state index in [0.717, 1.165) is 0 Å². The zero-order valence-corrected chi connectivity index (χ0v) is 14.7. The fraction of sp³-hybridized carbons (Fsp3) is 0.368. The second-order valence-corrected chi connectivity index (χ2v) is 5.87. The normalized spacial score (nSPS) is 10.1. The molecular weight excluding hydrogens is 292 g/mol. The number of aryl methyl sites for hydroxylation is 4. The predicted molar refractivity (Wildman–Crippen MR) is 99.6 cm³/mol. The van der Waals surface area contributed by atoms with Crippen LogP contribution in [0, 0.1) is 27.7 Å². The molecule has 0 heterocycles. The summed E-state index contributed by atoms with van der Waals surface area (Å²) in [5, 5.41) is 0. The van der Waals surface area contributed by atoms with Gasteiger partial charge in [-0.3, -0.25) is 4.18 Å². The van der Waals surface area contributed by atoms with Crippen LogP contribution in [0.5, 0.6) is 0 Å². The summed E-state index contributed by atoms with van der Waals surface area (Å²) in [5.74, 6) is 0. The van der Waals surface area contributed by atoms with Crippen molar-refractivity contribution in [2.45, 2.75) is 35.1 Å². The average molecular weight is 323 g/mol. The molecule has 0 spiro atoms. The van der Waals surface area contributed by atoms with Crippen LogP contribution in [-0.2, 0) is 15.3 Å². The van der Waals surface area contributed by atoms with Crippen molar-refractivity contribution in [3.05, 3.63) is 70.8 Å². The molecule has 0 amide bonds. The van der Waals surface area contributed by atoms with Gasteiger partial charge in [0.15, 0.2) is 11.1 Å². The predicted octanol–water partition coefficient (Wildman–Crippen LogP) is 5.17. The molecule has 1 unspecified atom stereocenters. The molecule has 0 fully saturated rings. The minimum Gasteiger partial charge on any atom is -0.294 e. The molecule has 2 rings (SSSR count). The fourth-order valence-electron chi connectivity index (χ4n) is 1.33. The fourth-order valence-corrected chi connectivity index (χ4v) is 1.33. The number of rotatable bonds is 1. The summed E-state index contributed by atoms with van der Waals surface area (Å²) in [7, 11) is 1.40. The van der Waals surface area contributed by atoms with Crippen LogP contribution in [0.1, 0.15) is 29.7 Å². The minimum atomic E-state index is -1.07. The molecule has 124 valence electrons. The maximum absolute atomic E-state index is 9.70. The van der Waals surface area contributed by atoms with Gasteiger partial charge in [0.05, 0.1) is 7.11 Å². The summed E-state index contributed by atoms with van der Waals surface area (Å²) in [6.07, 6.45) is 1.47. The van der Waals surface area contributed by atoms with E-state index in [0.29, 0.717) is 0 Å². The minimum absolute atomic E-state index is 0. The van der Waals surface area contributed by atoms with Crippen LogP contribution in [0.15, 0.2) is 48.5 Å². The third kappa shape index (κ3) is 11.2. The van der Waals surface area contributed by atoms with Crippen molar-refractivity contribution < 1.29 is 8.39 Å². The van der Waals surface area contributed by atoms with E-state index in [1.54, 1.807) is 0 Å². The van der Waals surface area contributed by atoms with E-state index in [-0.39, 0.29) is 7.43 Å². The summed E-state index contributed by atoms with van der Waals surface area (Å²) in [6, 6.07) is 16.7. The van der Waals surface area contributed by atoms with Crippen LogP contribution in [0.3, 0.4) is 0 Å². The van der Waals surface area contributed by atoms with Gasteiger partial charge in [-0.2, -0.15) is 0 Å². The van der Waals surface area contributed by atoms with Gasteiger partial charge in [-0.1, -0.05) is 56.0 Å². The maximum atomic E-state index is 9.70. The zero-order valence-electron chi connectivity index (χ0n) is 13.8. The molecule has 0 aliphatic carbocycles. The van der Waals surface area contributed by atoms with Crippen molar-refractivity contribution in [1.29, 1.82) is 0 Å². The Morgan fingerprint density at radius 3 is 1.00 bits per heavy atom. The van der Waals surface area contributed by atoms with Gasteiger partial charge in [0, 0.05) is 6.26 Å². The van der Waals surface area contributed by atoms with Gasteiger partial charge in [-0.05, 0) is 49.9 Å². The third-order valence-electron chi connectivity index (χ3n) is 3.09. The highest BCUT2D eigenvalue weighted by atomic mass is 32.2. The molecule has 0 N–H and O–H groups in total. The van der Waals surface area contributed by atoms with Crippen molar-refractivity contribution in [1.82, 2.24) is 0 Å². The SMILES string of the molecule is C.COS(C)=O.Cc1ccccc1C.Cc1ccccc1C. The number of hydrogen-bond acceptors (Lipinski definition) is 2. The van der Waals surface area contributed by atoms with Crippen LogP contribution < -0.4 is 0 Å². The Balaban J connectivity index is 0. The molecule has 1 atom stereocenters. The van der Waals surface area contributed by atoms with E-state index in [4.69, 9.17) is 0 Å². The number of benzene rings is 2. The van der Waals surface area contributed by atoms with Gasteiger partial charge in [0.25, 0.3) is 0 Å². The Morgan fingerprint density at radius 2 is 0.909 bits per heavy atom. The zero-order chi connectivity index (χ0) is 16.3. The van der Waals surface area contributed by atoms with Crippen LogP contribution in [0.2, 0.25) is 0 Å². The van der Waals surface area contributed by atoms with Gasteiger partial charge in [0.1, 0.15) is 0 Å². The maximum Gasteiger partial charge on any atom is 0.151 e. The van der Waals surface area contributed by atoms with Crippen molar-refractivity contribution in [3.8, 4) is 0 Å². The Labute approximate surface area is 139 Å². The lowest BCUT2D eigenvalue weighted by molar-refractivity contribution is 0.450. The first-order valence-corrected chi connectivity index (χ1v) is 8.29. The lowest BCUT2D eigenvalue weighted by Gasteiger charge is -1.93. The highest BCUT2D eigenvalue weighted by Crippen LogP contribution is 2.03. The van der Waals surface area contributed by atoms with Crippen LogP contribution in [-0.4, -0.2) is 17.6 Å². The molecule has 0 saturated heterocycles. The second-order valence-electron chi connectivity index (χ2n) is 4.74. The second kappa shape index (κ2) is 13.2. The van der Waals surface area contributed by atoms with E-state index < -0.39 is 11.1 Å². The Kier molecular flexibility index (Phi) is 13.7. The van der Waals surface area contributed by atoms with Gasteiger partial charge < -0.3 is 0 Å². The molecule has 0 bridgehead atoms. The molecular formula is C19H30O2S. The summed E-state index contributed by atoms with van der Waals surface area (Å²) in [5.41, 5.74) is 5.47. The van der Waals surface area contributed by atoms with Gasteiger partial charge in [0.2, 0.25) is 0 Å². The van der Waals surface area contributed by atoms with E-state index in [1.165, 1.54) is 35.6 Å². The van der Waals surface area contributed by atoms with Gasteiger partial charge >= 0.3 is 0 Å². The molecule has 0 aliphatic heterocycles. The lowest BCUT2D eigenvalue weighted by Crippen LogP contribution is -1.83. The lowest BCUT2D eigenvalue weighted by atomic mass is 10.1. The third-order valence-corrected chi connectivity index (χ3v) is 3.56. The van der Waals surface area contributed by atoms with Crippen LogP contribution in [0.4, 0.5) is 0 Å². The molecule has 0 radical (unpaired) electrons. The van der Waals surface area contributed by atoms with E-state index in [9.17, 15) is 4.21 Å². The molecule has 3 heteroatoms. The molecule has 0 aromatic heterocycles. The van der Waals surface area contributed by atoms with Crippen molar-refractivity contribution in [2.24, 2.45) is 0 Å². The molecule has 2 nitrogen and oxygen atoms in total. The van der Waals surface area contributed by atoms with Crippen molar-refractivity contribution in [3.63, 3.8) is 0 Å². The average Bonchev–Trinajstić information content (AvgIpc) is 2.47. The molecule has 0 aliphatic rings. The van der Waals surface area contributed by atoms with Crippen LogP contribution in [0.25, 0.3) is 0 Å². The molecule has 0 saturated carbocycles. The first-order chi connectivity index (χ1) is 9.88. The van der Waals surface area contributed by atoms with Gasteiger partial charge in [-0.15, -0.1) is 0 Å². The molecule has 22 heavy (non-hydrogen) atoms. The summed E-state index contributed by atoms with van der Waals surface area (Å²) < 4.78 is 13.9. The number of hydrogen-bond donors (Lipinski definition) is 0. The topological polar surface area (TPSA) is 26.3 Å². The van der Waals surface area contributed by atoms with Crippen LogP contribution >= 0.6 is 0 Å². The monoisotopic (exact) mass is 322 g/mol. The highest BCUT2D eigenvalue weighted by molar-refractivity contribution is 7.79.